The quantitative estimate of drug-likeness (QED) is 0.0367. The summed E-state index contributed by atoms with van der Waals surface area (Å²) >= 11 is 0. The van der Waals surface area contributed by atoms with Crippen LogP contribution in [0.25, 0.3) is 0 Å². The highest BCUT2D eigenvalue weighted by Gasteiger charge is 2.26. The van der Waals surface area contributed by atoms with Gasteiger partial charge in [0, 0.05) is 25.8 Å². The van der Waals surface area contributed by atoms with Crippen molar-refractivity contribution < 1.29 is 43.7 Å². The van der Waals surface area contributed by atoms with Gasteiger partial charge >= 0.3 is 24.0 Å². The molecule has 0 heterocycles. The van der Waals surface area contributed by atoms with Crippen molar-refractivity contribution in [3.63, 3.8) is 0 Å². The molecule has 0 spiro atoms. The molecule has 0 aliphatic rings. The van der Waals surface area contributed by atoms with Crippen molar-refractivity contribution in [3.05, 3.63) is 35.9 Å². The van der Waals surface area contributed by atoms with Gasteiger partial charge in [-0.1, -0.05) is 217 Å². The SMILES string of the molecule is CC(C)(C)OC(=O)NC(CCC(=O)OCc1ccccc1)C(=O)NCC(CCCCCCCCCCCCCCCCCCC(=O)O)CCCCCCCCCCCCCCCCCC(=O)O. The predicted octanol–water partition coefficient (Wildman–Crippen LogP) is 15.0. The van der Waals surface area contributed by atoms with Gasteiger partial charge in [-0.3, -0.25) is 19.2 Å². The number of unbranched alkanes of at least 4 members (excludes halogenated alkanes) is 29. The number of hydrogen-bond donors (Lipinski definition) is 4. The number of carboxylic acids is 2. The Hall–Kier alpha value is -3.63. The number of carboxylic acid groups (broad SMARTS) is 2. The van der Waals surface area contributed by atoms with Crippen molar-refractivity contribution in [2.45, 2.75) is 277 Å². The largest absolute Gasteiger partial charge is 0.481 e. The van der Waals surface area contributed by atoms with Gasteiger partial charge in [-0.2, -0.15) is 0 Å². The van der Waals surface area contributed by atoms with Crippen LogP contribution in [0.4, 0.5) is 4.79 Å². The van der Waals surface area contributed by atoms with E-state index in [1.807, 2.05) is 30.3 Å². The van der Waals surface area contributed by atoms with Crippen LogP contribution < -0.4 is 10.6 Å². The number of carbonyl (C=O) groups excluding carboxylic acids is 3. The zero-order valence-corrected chi connectivity index (χ0v) is 42.9. The first kappa shape index (κ1) is 61.4. The third-order valence-corrected chi connectivity index (χ3v) is 12.7. The highest BCUT2D eigenvalue weighted by molar-refractivity contribution is 5.86. The van der Waals surface area contributed by atoms with Gasteiger partial charge in [0.2, 0.25) is 5.91 Å². The number of rotatable bonds is 46. The number of ether oxygens (including phenoxy) is 2. The van der Waals surface area contributed by atoms with Crippen LogP contribution in [-0.2, 0) is 35.3 Å². The van der Waals surface area contributed by atoms with Crippen LogP contribution in [0.2, 0.25) is 0 Å². The molecule has 4 N–H and O–H groups in total. The van der Waals surface area contributed by atoms with E-state index in [0.29, 0.717) is 25.3 Å². The highest BCUT2D eigenvalue weighted by atomic mass is 16.6. The molecule has 2 unspecified atom stereocenters. The van der Waals surface area contributed by atoms with E-state index in [4.69, 9.17) is 19.7 Å². The lowest BCUT2D eigenvalue weighted by Crippen LogP contribution is -2.49. The summed E-state index contributed by atoms with van der Waals surface area (Å²) in [6.07, 6.45) is 39.7. The molecule has 1 rings (SSSR count). The maximum Gasteiger partial charge on any atom is 0.408 e. The van der Waals surface area contributed by atoms with E-state index in [9.17, 15) is 24.0 Å². The van der Waals surface area contributed by atoms with Crippen LogP contribution in [0.5, 0.6) is 0 Å². The lowest BCUT2D eigenvalue weighted by Gasteiger charge is -2.24. The molecule has 2 atom stereocenters. The molecular formula is C56H98N2O9. The van der Waals surface area contributed by atoms with E-state index in [0.717, 1.165) is 69.8 Å². The van der Waals surface area contributed by atoms with Crippen molar-refractivity contribution in [1.29, 1.82) is 0 Å². The summed E-state index contributed by atoms with van der Waals surface area (Å²) in [6, 6.07) is 8.54. The van der Waals surface area contributed by atoms with E-state index in [1.165, 1.54) is 148 Å². The van der Waals surface area contributed by atoms with Gasteiger partial charge < -0.3 is 30.3 Å². The van der Waals surface area contributed by atoms with Crippen LogP contribution in [-0.4, -0.2) is 58.3 Å². The van der Waals surface area contributed by atoms with Gasteiger partial charge in [-0.25, -0.2) is 4.79 Å². The second-order valence-corrected chi connectivity index (χ2v) is 20.3. The average Bonchev–Trinajstić information content (AvgIpc) is 3.28. The summed E-state index contributed by atoms with van der Waals surface area (Å²) in [5.41, 5.74) is 0.156. The lowest BCUT2D eigenvalue weighted by molar-refractivity contribution is -0.145. The summed E-state index contributed by atoms with van der Waals surface area (Å²) in [5.74, 6) is -1.75. The fourth-order valence-electron chi connectivity index (χ4n) is 8.70. The fourth-order valence-corrected chi connectivity index (χ4v) is 8.70. The van der Waals surface area contributed by atoms with E-state index >= 15 is 0 Å². The third-order valence-electron chi connectivity index (χ3n) is 12.7. The Kier molecular flexibility index (Phi) is 38.9. The number of nitrogens with one attached hydrogen (secondary N) is 2. The monoisotopic (exact) mass is 943 g/mol. The minimum absolute atomic E-state index is 0.0110. The highest BCUT2D eigenvalue weighted by Crippen LogP contribution is 2.21. The molecule has 0 bridgehead atoms. The second kappa shape index (κ2) is 42.5. The number of aliphatic carboxylic acids is 2. The first-order valence-electron chi connectivity index (χ1n) is 27.3. The number of alkyl carbamates (subject to hydrolysis) is 1. The predicted molar refractivity (Wildman–Crippen MR) is 272 cm³/mol. The van der Waals surface area contributed by atoms with Crippen LogP contribution >= 0.6 is 0 Å². The van der Waals surface area contributed by atoms with Gasteiger partial charge in [0.1, 0.15) is 18.2 Å². The number of carbonyl (C=O) groups is 5. The first-order chi connectivity index (χ1) is 32.4. The molecule has 0 aromatic heterocycles. The molecule has 11 nitrogen and oxygen atoms in total. The smallest absolute Gasteiger partial charge is 0.408 e. The first-order valence-corrected chi connectivity index (χ1v) is 27.3. The van der Waals surface area contributed by atoms with E-state index < -0.39 is 35.6 Å². The number of hydrogen-bond acceptors (Lipinski definition) is 7. The standard InChI is InChI=1S/C56H98N2O9/c1-56(2,3)67-55(65)58-50(44-45-53(63)66-47-49-40-34-31-35-41-49)54(64)57-46-48(39-33-28-24-20-16-12-8-6-10-14-18-22-26-30-37-43-52(61)62)38-32-27-23-19-15-11-7-4-5-9-13-17-21-25-29-36-42-51(59)60/h31,34-35,40-41,48,50H,4-30,32-33,36-39,42-47H2,1-3H3,(H,57,64)(H,58,65)(H,59,60)(H,61,62). The van der Waals surface area contributed by atoms with E-state index in [-0.39, 0.29) is 25.4 Å². The minimum atomic E-state index is -0.922. The molecule has 2 amide bonds. The number of benzene rings is 1. The van der Waals surface area contributed by atoms with Crippen molar-refractivity contribution in [3.8, 4) is 0 Å². The van der Waals surface area contributed by atoms with Gasteiger partial charge in [0.25, 0.3) is 0 Å². The molecule has 0 fully saturated rings. The molecule has 1 aromatic carbocycles. The van der Waals surface area contributed by atoms with Crippen molar-refractivity contribution >= 4 is 29.9 Å². The molecule has 0 saturated carbocycles. The van der Waals surface area contributed by atoms with Crippen molar-refractivity contribution in [2.24, 2.45) is 5.92 Å². The Morgan fingerprint density at radius 1 is 0.493 bits per heavy atom. The Morgan fingerprint density at radius 2 is 0.851 bits per heavy atom. The van der Waals surface area contributed by atoms with Gasteiger partial charge in [-0.15, -0.1) is 0 Å². The summed E-state index contributed by atoms with van der Waals surface area (Å²) in [7, 11) is 0. The van der Waals surface area contributed by atoms with E-state index in [2.05, 4.69) is 10.6 Å². The zero-order valence-electron chi connectivity index (χ0n) is 42.9. The van der Waals surface area contributed by atoms with Crippen LogP contribution in [0.15, 0.2) is 30.3 Å². The van der Waals surface area contributed by atoms with Crippen LogP contribution in [0, 0.1) is 5.92 Å². The maximum absolute atomic E-state index is 13.7. The Balaban J connectivity index is 2.49. The van der Waals surface area contributed by atoms with Crippen molar-refractivity contribution in [1.82, 2.24) is 10.6 Å². The summed E-state index contributed by atoms with van der Waals surface area (Å²) in [6.45, 7) is 6.03. The van der Waals surface area contributed by atoms with Crippen molar-refractivity contribution in [2.75, 3.05) is 6.54 Å². The van der Waals surface area contributed by atoms with Gasteiger partial charge in [0.15, 0.2) is 0 Å². The Morgan fingerprint density at radius 3 is 1.21 bits per heavy atom. The molecular weight excluding hydrogens is 845 g/mol. The van der Waals surface area contributed by atoms with Crippen LogP contribution in [0.1, 0.15) is 264 Å². The molecule has 1 aromatic rings. The minimum Gasteiger partial charge on any atom is -0.481 e. The lowest BCUT2D eigenvalue weighted by atomic mass is 9.93. The molecule has 0 saturated heterocycles. The summed E-state index contributed by atoms with van der Waals surface area (Å²) in [4.78, 5) is 60.4. The maximum atomic E-state index is 13.7. The average molecular weight is 943 g/mol. The summed E-state index contributed by atoms with van der Waals surface area (Å²) in [5, 5.41) is 23.4. The second-order valence-electron chi connectivity index (χ2n) is 20.3. The Bertz CT molecular complexity index is 1380. The Labute approximate surface area is 407 Å². The van der Waals surface area contributed by atoms with Gasteiger partial charge in [0.05, 0.1) is 0 Å². The molecule has 0 aliphatic carbocycles. The molecule has 0 aliphatic heterocycles. The summed E-state index contributed by atoms with van der Waals surface area (Å²) < 4.78 is 10.9. The molecule has 386 valence electrons. The van der Waals surface area contributed by atoms with Gasteiger partial charge in [-0.05, 0) is 64.4 Å². The number of esters is 1. The number of amides is 2. The topological polar surface area (TPSA) is 168 Å². The van der Waals surface area contributed by atoms with Crippen LogP contribution in [0.3, 0.4) is 0 Å². The molecule has 67 heavy (non-hydrogen) atoms. The zero-order chi connectivity index (χ0) is 49.1. The molecule has 11 heteroatoms. The van der Waals surface area contributed by atoms with E-state index in [1.54, 1.807) is 20.8 Å². The molecule has 0 radical (unpaired) electrons. The third kappa shape index (κ3) is 42.2. The fraction of sp³-hybridized carbons (Fsp3) is 0.804. The normalized spacial score (nSPS) is 12.3.